The summed E-state index contributed by atoms with van der Waals surface area (Å²) in [7, 11) is -3.85. The van der Waals surface area contributed by atoms with E-state index < -0.39 is 45.5 Å². The summed E-state index contributed by atoms with van der Waals surface area (Å²) in [6.45, 7) is 7.09. The molecule has 0 saturated carbocycles. The van der Waals surface area contributed by atoms with E-state index in [-0.39, 0.29) is 12.3 Å². The van der Waals surface area contributed by atoms with Crippen LogP contribution in [0.4, 0.5) is 4.79 Å². The van der Waals surface area contributed by atoms with Crippen molar-refractivity contribution in [2.45, 2.75) is 64.2 Å². The van der Waals surface area contributed by atoms with Gasteiger partial charge in [0, 0.05) is 6.54 Å². The number of hydrogen-bond donors (Lipinski definition) is 2. The minimum atomic E-state index is -3.85. The molecule has 2 N–H and O–H groups in total. The van der Waals surface area contributed by atoms with E-state index in [0.29, 0.717) is 22.5 Å². The highest BCUT2D eigenvalue weighted by Crippen LogP contribution is 2.29. The lowest BCUT2D eigenvalue weighted by molar-refractivity contribution is -0.143. The third kappa shape index (κ3) is 8.50. The number of unbranched alkanes of at least 4 members (excludes halogenated alkanes) is 1. The van der Waals surface area contributed by atoms with E-state index in [1.807, 2.05) is 31.2 Å². The quantitative estimate of drug-likeness (QED) is 0.332. The fourth-order valence-corrected chi connectivity index (χ4v) is 6.30. The van der Waals surface area contributed by atoms with E-state index in [4.69, 9.17) is 4.74 Å². The number of aromatic nitrogens is 1. The number of thiazole rings is 1. The van der Waals surface area contributed by atoms with Crippen molar-refractivity contribution in [1.82, 2.24) is 15.2 Å². The molecule has 0 radical (unpaired) electrons. The number of nitrogens with one attached hydrogen (secondary N) is 1. The van der Waals surface area contributed by atoms with Crippen molar-refractivity contribution < 1.29 is 27.9 Å². The highest BCUT2D eigenvalue weighted by Gasteiger charge is 2.35. The summed E-state index contributed by atoms with van der Waals surface area (Å²) in [6.07, 6.45) is -1.04. The van der Waals surface area contributed by atoms with E-state index in [0.717, 1.165) is 11.1 Å². The largest absolute Gasteiger partial charge is 0.444 e. The lowest BCUT2D eigenvalue weighted by atomic mass is 10.2. The molecule has 0 spiro atoms. The van der Waals surface area contributed by atoms with Gasteiger partial charge >= 0.3 is 6.09 Å². The van der Waals surface area contributed by atoms with Crippen LogP contribution in [-0.2, 0) is 25.1 Å². The zero-order valence-electron chi connectivity index (χ0n) is 22.1. The summed E-state index contributed by atoms with van der Waals surface area (Å²) >= 11 is 1.25. The monoisotopic (exact) mass is 561 g/mol. The molecule has 11 heteroatoms. The van der Waals surface area contributed by atoms with Crippen molar-refractivity contribution in [3.8, 4) is 0 Å². The van der Waals surface area contributed by atoms with Crippen LogP contribution < -0.4 is 5.32 Å². The molecule has 2 aromatic carbocycles. The zero-order chi connectivity index (χ0) is 27.9. The summed E-state index contributed by atoms with van der Waals surface area (Å²) in [5.41, 5.74) is 0.389. The SMILES string of the molecule is CCCCN(C(=O)[C@H](CS(=O)(=O)Cc1ccccc1)NC(=O)OC(C)(C)C)C(O)c1nc2ccccc2s1. The van der Waals surface area contributed by atoms with Crippen LogP contribution in [0.3, 0.4) is 0 Å². The van der Waals surface area contributed by atoms with E-state index in [9.17, 15) is 23.1 Å². The van der Waals surface area contributed by atoms with Crippen LogP contribution in [0.5, 0.6) is 0 Å². The first-order chi connectivity index (χ1) is 17.9. The van der Waals surface area contributed by atoms with Gasteiger partial charge in [-0.1, -0.05) is 55.8 Å². The van der Waals surface area contributed by atoms with E-state index in [1.54, 1.807) is 51.1 Å². The molecule has 206 valence electrons. The summed E-state index contributed by atoms with van der Waals surface area (Å²) in [6, 6.07) is 14.5. The van der Waals surface area contributed by atoms with Gasteiger partial charge in [-0.05, 0) is 44.9 Å². The first-order valence-corrected chi connectivity index (χ1v) is 15.1. The van der Waals surface area contributed by atoms with E-state index in [1.165, 1.54) is 16.2 Å². The number of benzene rings is 2. The number of amides is 2. The maximum absolute atomic E-state index is 13.8. The maximum Gasteiger partial charge on any atom is 0.408 e. The number of sulfone groups is 1. The second-order valence-corrected chi connectivity index (χ2v) is 13.2. The third-order valence-electron chi connectivity index (χ3n) is 5.50. The number of carbonyl (C=O) groups is 2. The Hall–Kier alpha value is -3.02. The molecule has 0 saturated heterocycles. The van der Waals surface area contributed by atoms with Crippen LogP contribution in [0, 0.1) is 0 Å². The van der Waals surface area contributed by atoms with Crippen LogP contribution >= 0.6 is 11.3 Å². The minimum absolute atomic E-state index is 0.150. The Morgan fingerprint density at radius 2 is 1.76 bits per heavy atom. The predicted molar refractivity (Wildman–Crippen MR) is 148 cm³/mol. The van der Waals surface area contributed by atoms with Gasteiger partial charge in [0.2, 0.25) is 5.91 Å². The number of para-hydroxylation sites is 1. The van der Waals surface area contributed by atoms with Crippen LogP contribution in [0.15, 0.2) is 54.6 Å². The molecule has 2 amide bonds. The Morgan fingerprint density at radius 3 is 2.39 bits per heavy atom. The van der Waals surface area contributed by atoms with Gasteiger partial charge in [-0.25, -0.2) is 18.2 Å². The molecule has 3 aromatic rings. The Kier molecular flexibility index (Phi) is 9.86. The standard InChI is InChI=1S/C27H35N3O6S2/c1-5-6-16-30(25(32)23-28-20-14-10-11-15-22(20)37-23)24(31)21(29-26(33)36-27(2,3)4)18-38(34,35)17-19-12-8-7-9-13-19/h7-15,21,25,32H,5-6,16-18H2,1-4H3,(H,29,33)/t21-,25?/m0/s1. The number of alkyl carbamates (subject to hydrolysis) is 1. The van der Waals surface area contributed by atoms with Crippen molar-refractivity contribution in [2.24, 2.45) is 0 Å². The Bertz CT molecular complexity index is 1300. The number of carbonyl (C=O) groups excluding carboxylic acids is 2. The van der Waals surface area contributed by atoms with Gasteiger partial charge in [0.05, 0.1) is 21.7 Å². The summed E-state index contributed by atoms with van der Waals surface area (Å²) < 4.78 is 32.4. The Labute approximate surface area is 227 Å². The van der Waals surface area contributed by atoms with Gasteiger partial charge < -0.3 is 20.1 Å². The Morgan fingerprint density at radius 1 is 1.11 bits per heavy atom. The van der Waals surface area contributed by atoms with Crippen LogP contribution in [0.2, 0.25) is 0 Å². The fourth-order valence-electron chi connectivity index (χ4n) is 3.78. The van der Waals surface area contributed by atoms with Gasteiger partial charge in [0.15, 0.2) is 16.1 Å². The third-order valence-corrected chi connectivity index (χ3v) is 8.19. The number of rotatable bonds is 11. The molecule has 3 rings (SSSR count). The molecule has 1 unspecified atom stereocenters. The molecule has 0 aliphatic rings. The highest BCUT2D eigenvalue weighted by molar-refractivity contribution is 7.90. The number of fused-ring (bicyclic) bond motifs is 1. The van der Waals surface area contributed by atoms with Gasteiger partial charge in [-0.3, -0.25) is 4.79 Å². The number of ether oxygens (including phenoxy) is 1. The lowest BCUT2D eigenvalue weighted by Gasteiger charge is -2.31. The normalized spacial score (nSPS) is 13.6. The van der Waals surface area contributed by atoms with Crippen molar-refractivity contribution in [1.29, 1.82) is 0 Å². The smallest absolute Gasteiger partial charge is 0.408 e. The molecule has 0 aliphatic carbocycles. The number of nitrogens with zero attached hydrogens (tertiary/aromatic N) is 2. The molecule has 0 fully saturated rings. The van der Waals surface area contributed by atoms with Crippen molar-refractivity contribution in [2.75, 3.05) is 12.3 Å². The molecule has 1 aromatic heterocycles. The van der Waals surface area contributed by atoms with Gasteiger partial charge in [0.1, 0.15) is 16.7 Å². The molecule has 0 aliphatic heterocycles. The van der Waals surface area contributed by atoms with Gasteiger partial charge in [-0.15, -0.1) is 11.3 Å². The second kappa shape index (κ2) is 12.7. The average molecular weight is 562 g/mol. The summed E-state index contributed by atoms with van der Waals surface area (Å²) in [4.78, 5) is 32.1. The maximum atomic E-state index is 13.8. The molecule has 1 heterocycles. The molecule has 9 nitrogen and oxygen atoms in total. The van der Waals surface area contributed by atoms with Crippen molar-refractivity contribution in [3.63, 3.8) is 0 Å². The molecular formula is C27H35N3O6S2. The molecule has 0 bridgehead atoms. The number of aliphatic hydroxyl groups excluding tert-OH is 1. The number of aliphatic hydroxyl groups is 1. The van der Waals surface area contributed by atoms with E-state index >= 15 is 0 Å². The summed E-state index contributed by atoms with van der Waals surface area (Å²) in [5, 5.41) is 14.0. The molecule has 38 heavy (non-hydrogen) atoms. The van der Waals surface area contributed by atoms with Crippen molar-refractivity contribution >= 4 is 43.4 Å². The van der Waals surface area contributed by atoms with Crippen LogP contribution in [-0.4, -0.2) is 59.3 Å². The average Bonchev–Trinajstić information content (AvgIpc) is 3.27. The van der Waals surface area contributed by atoms with E-state index in [2.05, 4.69) is 10.3 Å². The zero-order valence-corrected chi connectivity index (χ0v) is 23.7. The first-order valence-electron chi connectivity index (χ1n) is 12.5. The lowest BCUT2D eigenvalue weighted by Crippen LogP contribution is -2.53. The summed E-state index contributed by atoms with van der Waals surface area (Å²) in [5.74, 6) is -1.69. The van der Waals surface area contributed by atoms with Gasteiger partial charge in [-0.2, -0.15) is 0 Å². The van der Waals surface area contributed by atoms with Crippen molar-refractivity contribution in [3.05, 3.63) is 65.2 Å². The van der Waals surface area contributed by atoms with Gasteiger partial charge in [0.25, 0.3) is 0 Å². The molecule has 2 atom stereocenters. The second-order valence-electron chi connectivity index (χ2n) is 10.0. The minimum Gasteiger partial charge on any atom is -0.444 e. The predicted octanol–water partition coefficient (Wildman–Crippen LogP) is 4.42. The fraction of sp³-hybridized carbons (Fsp3) is 0.444. The van der Waals surface area contributed by atoms with Crippen LogP contribution in [0.25, 0.3) is 10.2 Å². The molecular weight excluding hydrogens is 526 g/mol. The highest BCUT2D eigenvalue weighted by atomic mass is 32.2. The number of hydrogen-bond acceptors (Lipinski definition) is 8. The van der Waals surface area contributed by atoms with Crippen LogP contribution in [0.1, 0.15) is 57.3 Å². The topological polar surface area (TPSA) is 126 Å². The Balaban J connectivity index is 1.92. The first kappa shape index (κ1) is 29.5.